The van der Waals surface area contributed by atoms with Gasteiger partial charge in [-0.05, 0) is 122 Å². The maximum atomic E-state index is 12.1. The van der Waals surface area contributed by atoms with Gasteiger partial charge in [-0.25, -0.2) is 0 Å². The van der Waals surface area contributed by atoms with Gasteiger partial charge in [0.05, 0.1) is 43.7 Å². The minimum absolute atomic E-state index is 0.0105. The van der Waals surface area contributed by atoms with Crippen molar-refractivity contribution in [1.29, 1.82) is 0 Å². The maximum absolute atomic E-state index is 12.1. The summed E-state index contributed by atoms with van der Waals surface area (Å²) in [4.78, 5) is 12.1. The number of terminal acetylenes is 1. The van der Waals surface area contributed by atoms with Gasteiger partial charge in [-0.1, -0.05) is 41.5 Å². The van der Waals surface area contributed by atoms with Crippen molar-refractivity contribution in [3.63, 3.8) is 0 Å². The molecule has 8 nitrogen and oxygen atoms in total. The summed E-state index contributed by atoms with van der Waals surface area (Å²) in [5, 5.41) is 30.2. The summed E-state index contributed by atoms with van der Waals surface area (Å²) in [5.74, 6) is 2.35. The van der Waals surface area contributed by atoms with Crippen molar-refractivity contribution < 1.29 is 39.1 Å². The summed E-state index contributed by atoms with van der Waals surface area (Å²) in [7, 11) is 0. The molecule has 8 heteroatoms. The van der Waals surface area contributed by atoms with Crippen LogP contribution in [-0.2, 0) is 23.7 Å². The van der Waals surface area contributed by atoms with Crippen LogP contribution in [0.5, 0.6) is 0 Å². The molecule has 6 aliphatic rings. The molecule has 0 aromatic heterocycles. The highest BCUT2D eigenvalue weighted by molar-refractivity contribution is 5.66. The Morgan fingerprint density at radius 1 is 0.979 bits per heavy atom. The highest BCUT2D eigenvalue weighted by Crippen LogP contribution is 2.91. The van der Waals surface area contributed by atoms with Gasteiger partial charge >= 0.3 is 5.97 Å². The molecule has 1 heterocycles. The Kier molecular flexibility index (Phi) is 9.88. The maximum Gasteiger partial charge on any atom is 0.303 e. The van der Waals surface area contributed by atoms with E-state index in [1.54, 1.807) is 13.8 Å². The van der Waals surface area contributed by atoms with E-state index in [2.05, 4.69) is 54.4 Å². The number of ether oxygens (including phenoxy) is 4. The zero-order chi connectivity index (χ0) is 35.0. The molecule has 4 unspecified atom stereocenters. The fourth-order valence-corrected chi connectivity index (χ4v) is 13.9. The molecule has 5 aliphatic carbocycles. The van der Waals surface area contributed by atoms with Gasteiger partial charge in [0, 0.05) is 6.92 Å². The van der Waals surface area contributed by atoms with E-state index in [1.807, 2.05) is 0 Å². The predicted octanol–water partition coefficient (Wildman–Crippen LogP) is 5.74. The summed E-state index contributed by atoms with van der Waals surface area (Å²) >= 11 is 0. The van der Waals surface area contributed by atoms with Gasteiger partial charge in [0.15, 0.2) is 12.4 Å². The lowest BCUT2D eigenvalue weighted by Gasteiger charge is -2.63. The molecule has 14 atom stereocenters. The number of hydrogen-bond acceptors (Lipinski definition) is 8. The molecule has 6 rings (SSSR count). The van der Waals surface area contributed by atoms with Crippen LogP contribution in [0, 0.1) is 69.5 Å². The van der Waals surface area contributed by atoms with Gasteiger partial charge in [0.2, 0.25) is 0 Å². The molecule has 6 fully saturated rings. The monoisotopic (exact) mass is 660 g/mol. The van der Waals surface area contributed by atoms with Gasteiger partial charge in [0.25, 0.3) is 0 Å². The Bertz CT molecular complexity index is 1180. The van der Waals surface area contributed by atoms with E-state index in [-0.39, 0.29) is 60.3 Å². The van der Waals surface area contributed by atoms with Gasteiger partial charge in [-0.3, -0.25) is 4.79 Å². The van der Waals surface area contributed by atoms with Gasteiger partial charge in [-0.2, -0.15) is 0 Å². The van der Waals surface area contributed by atoms with Crippen molar-refractivity contribution in [1.82, 2.24) is 0 Å². The summed E-state index contributed by atoms with van der Waals surface area (Å²) in [6.45, 7) is 19.6. The number of aliphatic hydroxyl groups is 3. The Morgan fingerprint density at radius 2 is 1.62 bits per heavy atom. The molecule has 0 aromatic rings. The first-order chi connectivity index (χ1) is 22.0. The first kappa shape index (κ1) is 37.1. The van der Waals surface area contributed by atoms with Crippen LogP contribution in [0.2, 0.25) is 0 Å². The lowest BCUT2D eigenvalue weighted by atomic mass is 9.41. The summed E-state index contributed by atoms with van der Waals surface area (Å²) < 4.78 is 24.8. The predicted molar refractivity (Wildman–Crippen MR) is 180 cm³/mol. The first-order valence-corrected chi connectivity index (χ1v) is 18.3. The lowest BCUT2D eigenvalue weighted by molar-refractivity contribution is -0.241. The van der Waals surface area contributed by atoms with Crippen LogP contribution in [0.1, 0.15) is 114 Å². The third kappa shape index (κ3) is 5.18. The molecule has 0 amide bonds. The zero-order valence-corrected chi connectivity index (χ0v) is 30.6. The second kappa shape index (κ2) is 12.5. The van der Waals surface area contributed by atoms with Gasteiger partial charge in [0.1, 0.15) is 0 Å². The molecule has 47 heavy (non-hydrogen) atoms. The van der Waals surface area contributed by atoms with Gasteiger partial charge in [-0.15, -0.1) is 12.8 Å². The molecule has 0 radical (unpaired) electrons. The Balaban J connectivity index is 0.00000213. The minimum atomic E-state index is -1.18. The van der Waals surface area contributed by atoms with Crippen molar-refractivity contribution in [3.8, 4) is 12.8 Å². The highest BCUT2D eigenvalue weighted by atomic mass is 16.7. The van der Waals surface area contributed by atoms with E-state index in [4.69, 9.17) is 18.9 Å². The van der Waals surface area contributed by atoms with E-state index in [0.717, 1.165) is 25.7 Å². The number of fused-ring (bicyclic) bond motifs is 4. The number of aliphatic hydroxyl groups excluding tert-OH is 2. The van der Waals surface area contributed by atoms with Gasteiger partial charge < -0.3 is 34.3 Å². The lowest BCUT2D eigenvalue weighted by Crippen LogP contribution is -2.58. The van der Waals surface area contributed by atoms with Crippen molar-refractivity contribution in [3.05, 3.63) is 0 Å². The van der Waals surface area contributed by atoms with E-state index in [0.29, 0.717) is 40.4 Å². The fraction of sp³-hybridized carbons (Fsp3) is 0.923. The van der Waals surface area contributed by atoms with E-state index in [1.165, 1.54) is 32.6 Å². The largest absolute Gasteiger partial charge is 0.457 e. The van der Waals surface area contributed by atoms with Crippen molar-refractivity contribution in [2.45, 2.75) is 150 Å². The quantitative estimate of drug-likeness (QED) is 0.163. The summed E-state index contributed by atoms with van der Waals surface area (Å²) in [6.07, 6.45) is 15.3. The first-order valence-electron chi connectivity index (χ1n) is 18.3. The molecule has 0 bridgehead atoms. The van der Waals surface area contributed by atoms with Crippen molar-refractivity contribution in [2.75, 3.05) is 19.8 Å². The SMILES string of the molecule is C#C.CC(=O)O[C@@H]([C@H]1C[C@@H](C)C2[C@@H](C[C@@]3(C)[C@@H]4CCC5C(C)(C)[C@@H](OC(CO)OCCO)CCC56[C@@H](C)[C@@]46CC[C@]23C)O1)C(C)(C)O. The molecular weight excluding hydrogens is 596 g/mol. The molecular formula is C39H64O8. The Morgan fingerprint density at radius 3 is 2.21 bits per heavy atom. The standard InChI is InChI=1S/C37H62O8.C2H2/c1-21-18-24(31(33(6,7)41)43-23(3)40)44-25-19-35(9)27-11-10-26-32(4,5)28(45-29(20-39)42-17-16-38)12-13-36(26)22(2)37(27,36)15-14-34(35,8)30(21)25;1-2/h21-22,24-31,38-39,41H,10-20H2,1-9H3;1-2H/t21-,22-,24-,25-,26?,27+,28+,29?,30?,31+,34-,35+,36?,37+;/m1./s1. The smallest absolute Gasteiger partial charge is 0.303 e. The molecule has 1 saturated heterocycles. The minimum Gasteiger partial charge on any atom is -0.457 e. The number of esters is 1. The number of rotatable bonds is 9. The second-order valence-corrected chi connectivity index (χ2v) is 17.9. The molecule has 3 N–H and O–H groups in total. The number of hydrogen-bond donors (Lipinski definition) is 3. The fourth-order valence-electron chi connectivity index (χ4n) is 13.9. The van der Waals surface area contributed by atoms with Crippen LogP contribution in [0.4, 0.5) is 0 Å². The van der Waals surface area contributed by atoms with Crippen molar-refractivity contribution in [2.24, 2.45) is 56.7 Å². The number of carbonyl (C=O) groups excluding carboxylic acids is 1. The second-order valence-electron chi connectivity index (χ2n) is 17.9. The third-order valence-corrected chi connectivity index (χ3v) is 15.5. The van der Waals surface area contributed by atoms with E-state index < -0.39 is 18.0 Å². The topological polar surface area (TPSA) is 115 Å². The highest BCUT2D eigenvalue weighted by Gasteiger charge is 2.86. The van der Waals surface area contributed by atoms with Crippen LogP contribution in [0.25, 0.3) is 0 Å². The molecule has 268 valence electrons. The normalized spacial score (nSPS) is 47.4. The van der Waals surface area contributed by atoms with Crippen LogP contribution < -0.4 is 0 Å². The number of carbonyl (C=O) groups is 1. The van der Waals surface area contributed by atoms with Crippen molar-refractivity contribution >= 4 is 5.97 Å². The van der Waals surface area contributed by atoms with Crippen LogP contribution in [0.3, 0.4) is 0 Å². The van der Waals surface area contributed by atoms with Crippen LogP contribution in [0.15, 0.2) is 0 Å². The molecule has 2 spiro atoms. The summed E-state index contributed by atoms with van der Waals surface area (Å²) in [6, 6.07) is 0. The third-order valence-electron chi connectivity index (χ3n) is 15.5. The average Bonchev–Trinajstić information content (AvgIpc) is 3.42. The Hall–Kier alpha value is -1.21. The molecule has 0 aromatic carbocycles. The summed E-state index contributed by atoms with van der Waals surface area (Å²) in [5.41, 5.74) is -0.258. The van der Waals surface area contributed by atoms with E-state index >= 15 is 0 Å². The van der Waals surface area contributed by atoms with E-state index in [9.17, 15) is 20.1 Å². The van der Waals surface area contributed by atoms with Crippen LogP contribution >= 0.6 is 0 Å². The Labute approximate surface area is 284 Å². The average molecular weight is 661 g/mol. The zero-order valence-electron chi connectivity index (χ0n) is 30.6. The molecule has 5 saturated carbocycles. The van der Waals surface area contributed by atoms with Crippen LogP contribution in [-0.4, -0.2) is 77.4 Å². The molecule has 1 aliphatic heterocycles.